The van der Waals surface area contributed by atoms with Gasteiger partial charge in [0.1, 0.15) is 5.82 Å². The van der Waals surface area contributed by atoms with Crippen LogP contribution in [0.4, 0.5) is 17.6 Å². The van der Waals surface area contributed by atoms with Crippen LogP contribution in [0.2, 0.25) is 0 Å². The molecule has 0 radical (unpaired) electrons. The molecule has 1 N–H and O–H groups in total. The van der Waals surface area contributed by atoms with Crippen molar-refractivity contribution in [3.63, 3.8) is 0 Å². The highest BCUT2D eigenvalue weighted by atomic mass is 19.4. The number of rotatable bonds is 3. The second kappa shape index (κ2) is 7.95. The summed E-state index contributed by atoms with van der Waals surface area (Å²) >= 11 is 0. The smallest absolute Gasteiger partial charge is 0.331 e. The zero-order valence-electron chi connectivity index (χ0n) is 17.6. The van der Waals surface area contributed by atoms with Crippen molar-refractivity contribution >= 4 is 5.91 Å². The highest BCUT2D eigenvalue weighted by molar-refractivity contribution is 5.99. The van der Waals surface area contributed by atoms with Crippen molar-refractivity contribution < 1.29 is 26.9 Å². The van der Waals surface area contributed by atoms with Gasteiger partial charge in [-0.15, -0.1) is 0 Å². The number of amides is 1. The molecular weight excluding hydrogens is 440 g/mol. The number of alkyl halides is 3. The molecule has 10 heteroatoms. The Morgan fingerprint density at radius 2 is 2.00 bits per heavy atom. The third kappa shape index (κ3) is 3.88. The SMILES string of the molecule is Cc1ccc([C@@H]2CNCC[C@H]2N2Cc3ccc(-c4noc(C(F)(F)F)n4)cc3C2=O)cc1F. The molecule has 1 amide bonds. The fraction of sp³-hybridized carbons (Fsp3) is 0.348. The Kier molecular flexibility index (Phi) is 5.19. The molecule has 3 heterocycles. The maximum Gasteiger partial charge on any atom is 0.471 e. The Morgan fingerprint density at radius 1 is 1.18 bits per heavy atom. The van der Waals surface area contributed by atoms with E-state index < -0.39 is 12.1 Å². The Bertz CT molecular complexity index is 1220. The predicted molar refractivity (Wildman–Crippen MR) is 110 cm³/mol. The lowest BCUT2D eigenvalue weighted by Crippen LogP contribution is -2.48. The average Bonchev–Trinajstić information content (AvgIpc) is 3.41. The van der Waals surface area contributed by atoms with Crippen molar-refractivity contribution in [2.75, 3.05) is 13.1 Å². The number of hydrogen-bond donors (Lipinski definition) is 1. The molecule has 1 saturated heterocycles. The largest absolute Gasteiger partial charge is 0.471 e. The minimum Gasteiger partial charge on any atom is -0.331 e. The lowest BCUT2D eigenvalue weighted by Gasteiger charge is -2.38. The minimum absolute atomic E-state index is 0.0851. The van der Waals surface area contributed by atoms with E-state index in [9.17, 15) is 22.4 Å². The van der Waals surface area contributed by atoms with Crippen molar-refractivity contribution in [2.45, 2.75) is 38.0 Å². The Morgan fingerprint density at radius 3 is 2.73 bits per heavy atom. The summed E-state index contributed by atoms with van der Waals surface area (Å²) in [6, 6.07) is 9.81. The van der Waals surface area contributed by atoms with Crippen LogP contribution in [0.5, 0.6) is 0 Å². The van der Waals surface area contributed by atoms with Crippen molar-refractivity contribution in [2.24, 2.45) is 0 Å². The first-order valence-corrected chi connectivity index (χ1v) is 10.5. The number of nitrogens with one attached hydrogen (secondary N) is 1. The number of aromatic nitrogens is 2. The van der Waals surface area contributed by atoms with Gasteiger partial charge in [0.05, 0.1) is 0 Å². The van der Waals surface area contributed by atoms with Crippen LogP contribution in [0.25, 0.3) is 11.4 Å². The molecule has 5 rings (SSSR count). The standard InChI is InChI=1S/C23H20F4N4O2/c1-12-2-3-13(9-18(12)24)17-10-28-7-6-19(17)31-11-15-5-4-14(8-16(15)21(31)32)20-29-22(33-30-20)23(25,26)27/h2-5,8-9,17,19,28H,6-7,10-11H2,1H3/t17-,19+/m0/s1. The molecule has 0 saturated carbocycles. The zero-order valence-corrected chi connectivity index (χ0v) is 17.6. The molecule has 0 spiro atoms. The first kappa shape index (κ1) is 21.6. The van der Waals surface area contributed by atoms with Gasteiger partial charge >= 0.3 is 12.1 Å². The summed E-state index contributed by atoms with van der Waals surface area (Å²) in [5.41, 5.74) is 2.83. The number of carbonyl (C=O) groups is 1. The van der Waals surface area contributed by atoms with Gasteiger partial charge in [0, 0.05) is 36.2 Å². The van der Waals surface area contributed by atoms with Crippen molar-refractivity contribution in [3.05, 3.63) is 70.4 Å². The third-order valence-corrected chi connectivity index (χ3v) is 6.34. The first-order valence-electron chi connectivity index (χ1n) is 10.5. The fourth-order valence-electron chi connectivity index (χ4n) is 4.58. The van der Waals surface area contributed by atoms with Crippen LogP contribution >= 0.6 is 0 Å². The van der Waals surface area contributed by atoms with Gasteiger partial charge in [-0.25, -0.2) is 4.39 Å². The number of fused-ring (bicyclic) bond motifs is 1. The highest BCUT2D eigenvalue weighted by Gasteiger charge is 2.40. The van der Waals surface area contributed by atoms with Crippen molar-refractivity contribution in [1.29, 1.82) is 0 Å². The quantitative estimate of drug-likeness (QED) is 0.590. The fourth-order valence-corrected chi connectivity index (χ4v) is 4.58. The molecule has 172 valence electrons. The molecule has 2 aromatic carbocycles. The zero-order chi connectivity index (χ0) is 23.3. The summed E-state index contributed by atoms with van der Waals surface area (Å²) in [6.45, 7) is 3.42. The number of nitrogens with zero attached hydrogens (tertiary/aromatic N) is 3. The molecule has 0 bridgehead atoms. The Balaban J connectivity index is 1.43. The summed E-state index contributed by atoms with van der Waals surface area (Å²) in [4.78, 5) is 18.5. The highest BCUT2D eigenvalue weighted by Crippen LogP contribution is 2.36. The van der Waals surface area contributed by atoms with Crippen LogP contribution in [0.15, 0.2) is 40.9 Å². The molecule has 2 aliphatic heterocycles. The van der Waals surface area contributed by atoms with Crippen LogP contribution < -0.4 is 5.32 Å². The molecule has 1 aromatic heterocycles. The lowest BCUT2D eigenvalue weighted by molar-refractivity contribution is -0.159. The average molecular weight is 460 g/mol. The van der Waals surface area contributed by atoms with Crippen LogP contribution in [0.3, 0.4) is 0 Å². The first-order chi connectivity index (χ1) is 15.7. The minimum atomic E-state index is -4.74. The van der Waals surface area contributed by atoms with E-state index in [0.29, 0.717) is 30.6 Å². The van der Waals surface area contributed by atoms with Gasteiger partial charge < -0.3 is 14.7 Å². The maximum absolute atomic E-state index is 14.2. The summed E-state index contributed by atoms with van der Waals surface area (Å²) in [6.07, 6.45) is -4.04. The number of benzene rings is 2. The third-order valence-electron chi connectivity index (χ3n) is 6.34. The van der Waals surface area contributed by atoms with Gasteiger partial charge in [-0.05, 0) is 48.7 Å². The topological polar surface area (TPSA) is 71.3 Å². The summed E-state index contributed by atoms with van der Waals surface area (Å²) in [5, 5.41) is 6.73. The Hall–Kier alpha value is -3.27. The van der Waals surface area contributed by atoms with Gasteiger partial charge in [0.25, 0.3) is 5.91 Å². The van der Waals surface area contributed by atoms with E-state index in [1.165, 1.54) is 12.1 Å². The van der Waals surface area contributed by atoms with Gasteiger partial charge in [-0.2, -0.15) is 18.2 Å². The Labute approximate surface area is 186 Å². The summed E-state index contributed by atoms with van der Waals surface area (Å²) in [5.74, 6) is -2.25. The number of piperidine rings is 1. The molecule has 1 fully saturated rings. The van der Waals surface area contributed by atoms with Crippen LogP contribution in [0, 0.1) is 12.7 Å². The molecule has 0 aliphatic carbocycles. The molecule has 2 aliphatic rings. The van der Waals surface area contributed by atoms with Crippen LogP contribution in [-0.4, -0.2) is 40.1 Å². The van der Waals surface area contributed by atoms with E-state index in [2.05, 4.69) is 20.0 Å². The van der Waals surface area contributed by atoms with E-state index in [1.807, 2.05) is 6.07 Å². The van der Waals surface area contributed by atoms with E-state index in [1.54, 1.807) is 30.0 Å². The maximum atomic E-state index is 14.2. The van der Waals surface area contributed by atoms with Crippen molar-refractivity contribution in [3.8, 4) is 11.4 Å². The molecule has 3 aromatic rings. The summed E-state index contributed by atoms with van der Waals surface area (Å²) in [7, 11) is 0. The van der Waals surface area contributed by atoms with Crippen molar-refractivity contribution in [1.82, 2.24) is 20.4 Å². The normalized spacial score (nSPS) is 20.9. The van der Waals surface area contributed by atoms with E-state index in [4.69, 9.17) is 0 Å². The van der Waals surface area contributed by atoms with Gasteiger partial charge in [-0.3, -0.25) is 4.79 Å². The van der Waals surface area contributed by atoms with E-state index in [0.717, 1.165) is 17.7 Å². The molecular formula is C23H20F4N4O2. The van der Waals surface area contributed by atoms with E-state index in [-0.39, 0.29) is 35.1 Å². The van der Waals surface area contributed by atoms with Gasteiger partial charge in [0.15, 0.2) is 0 Å². The van der Waals surface area contributed by atoms with Gasteiger partial charge in [-0.1, -0.05) is 29.4 Å². The second-order valence-electron chi connectivity index (χ2n) is 8.40. The van der Waals surface area contributed by atoms with Crippen LogP contribution in [0.1, 0.15) is 45.3 Å². The number of hydrogen-bond acceptors (Lipinski definition) is 5. The van der Waals surface area contributed by atoms with Crippen LogP contribution in [-0.2, 0) is 12.7 Å². The number of carbonyl (C=O) groups excluding carboxylic acids is 1. The number of halogens is 4. The lowest BCUT2D eigenvalue weighted by atomic mass is 9.85. The molecule has 0 unspecified atom stereocenters. The van der Waals surface area contributed by atoms with E-state index >= 15 is 0 Å². The van der Waals surface area contributed by atoms with Gasteiger partial charge in [0.2, 0.25) is 5.82 Å². The second-order valence-corrected chi connectivity index (χ2v) is 8.40. The molecule has 2 atom stereocenters. The summed E-state index contributed by atoms with van der Waals surface area (Å²) < 4.78 is 56.9. The molecule has 6 nitrogen and oxygen atoms in total. The predicted octanol–water partition coefficient (Wildman–Crippen LogP) is 4.30. The number of aryl methyl sites for hydroxylation is 1. The monoisotopic (exact) mass is 460 g/mol. The molecule has 33 heavy (non-hydrogen) atoms.